The van der Waals surface area contributed by atoms with Gasteiger partial charge in [0.2, 0.25) is 0 Å². The van der Waals surface area contributed by atoms with E-state index in [0.717, 1.165) is 31.1 Å². The van der Waals surface area contributed by atoms with Gasteiger partial charge in [-0.1, -0.05) is 43.5 Å². The first kappa shape index (κ1) is 11.3. The third-order valence-corrected chi connectivity index (χ3v) is 3.39. The van der Waals surface area contributed by atoms with Gasteiger partial charge in [-0.25, -0.2) is 4.39 Å². The van der Waals surface area contributed by atoms with Crippen molar-refractivity contribution in [2.24, 2.45) is 0 Å². The molecule has 2 heteroatoms. The number of carbonyl (C=O) groups is 1. The van der Waals surface area contributed by atoms with E-state index in [2.05, 4.69) is 0 Å². The second kappa shape index (κ2) is 4.77. The predicted molar refractivity (Wildman–Crippen MR) is 62.5 cm³/mol. The molecule has 1 aromatic carbocycles. The zero-order valence-corrected chi connectivity index (χ0v) is 9.42. The van der Waals surface area contributed by atoms with Crippen molar-refractivity contribution >= 4 is 6.29 Å². The molecule has 0 aliphatic heterocycles. The molecule has 0 heterocycles. The van der Waals surface area contributed by atoms with E-state index in [1.54, 1.807) is 12.1 Å². The zero-order chi connectivity index (χ0) is 11.4. The summed E-state index contributed by atoms with van der Waals surface area (Å²) in [7, 11) is 0. The summed E-state index contributed by atoms with van der Waals surface area (Å²) in [6, 6.07) is 7.24. The van der Waals surface area contributed by atoms with Crippen LogP contribution in [0.2, 0.25) is 0 Å². The molecule has 16 heavy (non-hydrogen) atoms. The van der Waals surface area contributed by atoms with Gasteiger partial charge in [-0.2, -0.15) is 0 Å². The Labute approximate surface area is 95.7 Å². The van der Waals surface area contributed by atoms with Crippen LogP contribution in [0.3, 0.4) is 0 Å². The fraction of sp³-hybridized carbons (Fsp3) is 0.500. The normalized spacial score (nSPS) is 19.3. The smallest absolute Gasteiger partial charge is 0.150 e. The SMILES string of the molecule is O=Cc1ccc(CC2(F)CCCCC2)cc1. The van der Waals surface area contributed by atoms with Gasteiger partial charge in [0.25, 0.3) is 0 Å². The van der Waals surface area contributed by atoms with E-state index in [1.807, 2.05) is 12.1 Å². The van der Waals surface area contributed by atoms with Crippen LogP contribution in [0.25, 0.3) is 0 Å². The van der Waals surface area contributed by atoms with Crippen molar-refractivity contribution in [1.29, 1.82) is 0 Å². The topological polar surface area (TPSA) is 17.1 Å². The zero-order valence-electron chi connectivity index (χ0n) is 9.42. The maximum atomic E-state index is 14.4. The minimum absolute atomic E-state index is 0.492. The van der Waals surface area contributed by atoms with Gasteiger partial charge in [0.1, 0.15) is 12.0 Å². The molecule has 1 aliphatic rings. The second-order valence-electron chi connectivity index (χ2n) is 4.75. The number of hydrogen-bond acceptors (Lipinski definition) is 1. The highest BCUT2D eigenvalue weighted by molar-refractivity contribution is 5.74. The molecule has 1 saturated carbocycles. The van der Waals surface area contributed by atoms with Crippen molar-refractivity contribution in [3.05, 3.63) is 35.4 Å². The summed E-state index contributed by atoms with van der Waals surface area (Å²) in [4.78, 5) is 10.5. The fourth-order valence-electron chi connectivity index (χ4n) is 2.44. The van der Waals surface area contributed by atoms with E-state index < -0.39 is 5.67 Å². The molecule has 0 atom stereocenters. The lowest BCUT2D eigenvalue weighted by molar-refractivity contribution is 0.107. The number of halogens is 1. The van der Waals surface area contributed by atoms with Gasteiger partial charge >= 0.3 is 0 Å². The molecule has 86 valence electrons. The van der Waals surface area contributed by atoms with E-state index in [0.29, 0.717) is 24.8 Å². The third-order valence-electron chi connectivity index (χ3n) is 3.39. The lowest BCUT2D eigenvalue weighted by atomic mass is 9.82. The Hall–Kier alpha value is -1.18. The summed E-state index contributed by atoms with van der Waals surface area (Å²) < 4.78 is 14.4. The molecular formula is C14H17FO. The van der Waals surface area contributed by atoms with Crippen LogP contribution in [0, 0.1) is 0 Å². The first-order chi connectivity index (χ1) is 7.72. The number of rotatable bonds is 3. The number of carbonyl (C=O) groups excluding carboxylic acids is 1. The quantitative estimate of drug-likeness (QED) is 0.710. The second-order valence-corrected chi connectivity index (χ2v) is 4.75. The summed E-state index contributed by atoms with van der Waals surface area (Å²) in [5.41, 5.74) is 0.635. The summed E-state index contributed by atoms with van der Waals surface area (Å²) in [6.45, 7) is 0. The van der Waals surface area contributed by atoms with Gasteiger partial charge in [0.15, 0.2) is 0 Å². The molecule has 1 nitrogen and oxygen atoms in total. The molecule has 0 bridgehead atoms. The maximum absolute atomic E-state index is 14.4. The predicted octanol–water partition coefficient (Wildman–Crippen LogP) is 3.71. The molecule has 2 rings (SSSR count). The van der Waals surface area contributed by atoms with Gasteiger partial charge in [-0.15, -0.1) is 0 Å². The van der Waals surface area contributed by atoms with Gasteiger partial charge in [-0.3, -0.25) is 4.79 Å². The van der Waals surface area contributed by atoms with Crippen molar-refractivity contribution in [3.8, 4) is 0 Å². The molecular weight excluding hydrogens is 203 g/mol. The van der Waals surface area contributed by atoms with Crippen molar-refractivity contribution in [1.82, 2.24) is 0 Å². The van der Waals surface area contributed by atoms with E-state index >= 15 is 0 Å². The van der Waals surface area contributed by atoms with Crippen molar-refractivity contribution in [2.75, 3.05) is 0 Å². The number of aldehydes is 1. The minimum atomic E-state index is -1.01. The third kappa shape index (κ3) is 2.69. The number of benzene rings is 1. The van der Waals surface area contributed by atoms with Crippen LogP contribution in [-0.2, 0) is 6.42 Å². The van der Waals surface area contributed by atoms with Crippen molar-refractivity contribution < 1.29 is 9.18 Å². The van der Waals surface area contributed by atoms with Crippen LogP contribution < -0.4 is 0 Å². The van der Waals surface area contributed by atoms with Crippen LogP contribution >= 0.6 is 0 Å². The van der Waals surface area contributed by atoms with Crippen LogP contribution in [0.1, 0.15) is 48.0 Å². The molecule has 0 amide bonds. The monoisotopic (exact) mass is 220 g/mol. The largest absolute Gasteiger partial charge is 0.298 e. The lowest BCUT2D eigenvalue weighted by Gasteiger charge is -2.29. The maximum Gasteiger partial charge on any atom is 0.150 e. The molecule has 0 spiro atoms. The number of alkyl halides is 1. The highest BCUT2D eigenvalue weighted by Crippen LogP contribution is 2.34. The molecule has 0 saturated heterocycles. The first-order valence-electron chi connectivity index (χ1n) is 5.95. The van der Waals surface area contributed by atoms with Crippen LogP contribution in [0.4, 0.5) is 4.39 Å². The highest BCUT2D eigenvalue weighted by atomic mass is 19.1. The summed E-state index contributed by atoms with van der Waals surface area (Å²) in [6.07, 6.45) is 5.84. The molecule has 0 aromatic heterocycles. The molecule has 1 aliphatic carbocycles. The van der Waals surface area contributed by atoms with Gasteiger partial charge in [-0.05, 0) is 18.4 Å². The van der Waals surface area contributed by atoms with Crippen LogP contribution in [0.5, 0.6) is 0 Å². The van der Waals surface area contributed by atoms with Crippen molar-refractivity contribution in [3.63, 3.8) is 0 Å². The van der Waals surface area contributed by atoms with Gasteiger partial charge < -0.3 is 0 Å². The first-order valence-corrected chi connectivity index (χ1v) is 5.95. The Balaban J connectivity index is 2.04. The molecule has 0 unspecified atom stereocenters. The average molecular weight is 220 g/mol. The standard InChI is InChI=1S/C14H17FO/c15-14(8-2-1-3-9-14)10-12-4-6-13(11-16)7-5-12/h4-7,11H,1-3,8-10H2. The molecule has 1 fully saturated rings. The average Bonchev–Trinajstić information content (AvgIpc) is 2.30. The summed E-state index contributed by atoms with van der Waals surface area (Å²) in [5, 5.41) is 0. The van der Waals surface area contributed by atoms with E-state index in [4.69, 9.17) is 0 Å². The van der Waals surface area contributed by atoms with E-state index in [1.165, 1.54) is 0 Å². The Morgan fingerprint density at radius 2 is 1.75 bits per heavy atom. The number of hydrogen-bond donors (Lipinski definition) is 0. The van der Waals surface area contributed by atoms with Gasteiger partial charge in [0, 0.05) is 12.0 Å². The van der Waals surface area contributed by atoms with Crippen molar-refractivity contribution in [2.45, 2.75) is 44.2 Å². The van der Waals surface area contributed by atoms with Crippen LogP contribution in [0.15, 0.2) is 24.3 Å². The van der Waals surface area contributed by atoms with E-state index in [-0.39, 0.29) is 0 Å². The Morgan fingerprint density at radius 1 is 1.12 bits per heavy atom. The fourth-order valence-corrected chi connectivity index (χ4v) is 2.44. The molecule has 0 radical (unpaired) electrons. The lowest BCUT2D eigenvalue weighted by Crippen LogP contribution is -2.28. The molecule has 1 aromatic rings. The Morgan fingerprint density at radius 3 is 2.31 bits per heavy atom. The summed E-state index contributed by atoms with van der Waals surface area (Å²) in [5.74, 6) is 0. The summed E-state index contributed by atoms with van der Waals surface area (Å²) >= 11 is 0. The molecule has 0 N–H and O–H groups in total. The Kier molecular flexibility index (Phi) is 3.37. The Bertz CT molecular complexity index is 350. The highest BCUT2D eigenvalue weighted by Gasteiger charge is 2.31. The minimum Gasteiger partial charge on any atom is -0.298 e. The van der Waals surface area contributed by atoms with E-state index in [9.17, 15) is 9.18 Å². The van der Waals surface area contributed by atoms with Gasteiger partial charge in [0.05, 0.1) is 0 Å². The van der Waals surface area contributed by atoms with Crippen LogP contribution in [-0.4, -0.2) is 12.0 Å².